The minimum atomic E-state index is -0.0588. The van der Waals surface area contributed by atoms with E-state index in [-0.39, 0.29) is 5.91 Å². The van der Waals surface area contributed by atoms with Crippen LogP contribution < -0.4 is 15.8 Å². The highest BCUT2D eigenvalue weighted by Crippen LogP contribution is 2.23. The normalized spacial score (nSPS) is 9.73. The summed E-state index contributed by atoms with van der Waals surface area (Å²) in [5.41, 5.74) is 6.05. The van der Waals surface area contributed by atoms with E-state index in [1.807, 2.05) is 0 Å². The minimum Gasteiger partial charge on any atom is -0.493 e. The van der Waals surface area contributed by atoms with Crippen LogP contribution in [0.4, 0.5) is 5.69 Å². The van der Waals surface area contributed by atoms with Gasteiger partial charge in [-0.3, -0.25) is 4.79 Å². The average Bonchev–Trinajstić information content (AvgIpc) is 2.23. The molecule has 1 aromatic rings. The summed E-state index contributed by atoms with van der Waals surface area (Å²) < 4.78 is 5.31. The van der Waals surface area contributed by atoms with Gasteiger partial charge in [-0.1, -0.05) is 11.6 Å². The van der Waals surface area contributed by atoms with Crippen molar-refractivity contribution in [1.82, 2.24) is 5.32 Å². The molecule has 82 valence electrons. The Morgan fingerprint density at radius 3 is 2.93 bits per heavy atom. The SMILES string of the molecule is CNC(=O)CCOc1ccc(N)c(Cl)c1. The number of carbonyl (C=O) groups is 1. The fourth-order valence-electron chi connectivity index (χ4n) is 0.984. The monoisotopic (exact) mass is 228 g/mol. The average molecular weight is 229 g/mol. The maximum atomic E-state index is 10.9. The summed E-state index contributed by atoms with van der Waals surface area (Å²) in [7, 11) is 1.59. The molecule has 0 heterocycles. The molecule has 1 rings (SSSR count). The van der Waals surface area contributed by atoms with Gasteiger partial charge in [-0.05, 0) is 12.1 Å². The van der Waals surface area contributed by atoms with Crippen LogP contribution in [0.25, 0.3) is 0 Å². The van der Waals surface area contributed by atoms with Crippen molar-refractivity contribution in [1.29, 1.82) is 0 Å². The third kappa shape index (κ3) is 3.67. The van der Waals surface area contributed by atoms with Crippen molar-refractivity contribution in [2.45, 2.75) is 6.42 Å². The molecule has 0 bridgehead atoms. The van der Waals surface area contributed by atoms with Gasteiger partial charge >= 0.3 is 0 Å². The molecule has 0 fully saturated rings. The molecule has 0 saturated heterocycles. The number of anilines is 1. The molecule has 5 heteroatoms. The molecule has 0 radical (unpaired) electrons. The Morgan fingerprint density at radius 1 is 1.60 bits per heavy atom. The van der Waals surface area contributed by atoms with Gasteiger partial charge in [-0.15, -0.1) is 0 Å². The summed E-state index contributed by atoms with van der Waals surface area (Å²) in [6, 6.07) is 5.00. The van der Waals surface area contributed by atoms with Crippen LogP contribution in [0.3, 0.4) is 0 Å². The van der Waals surface area contributed by atoms with Crippen LogP contribution in [0.1, 0.15) is 6.42 Å². The van der Waals surface area contributed by atoms with E-state index in [0.29, 0.717) is 29.5 Å². The zero-order chi connectivity index (χ0) is 11.3. The Balaban J connectivity index is 2.44. The lowest BCUT2D eigenvalue weighted by Crippen LogP contribution is -2.20. The van der Waals surface area contributed by atoms with Gasteiger partial charge in [0.05, 0.1) is 23.7 Å². The molecular formula is C10H13ClN2O2. The van der Waals surface area contributed by atoms with E-state index in [1.54, 1.807) is 25.2 Å². The van der Waals surface area contributed by atoms with Crippen molar-refractivity contribution in [3.8, 4) is 5.75 Å². The highest BCUT2D eigenvalue weighted by atomic mass is 35.5. The molecule has 1 amide bonds. The predicted molar refractivity (Wildman–Crippen MR) is 60.0 cm³/mol. The molecule has 15 heavy (non-hydrogen) atoms. The minimum absolute atomic E-state index is 0.0588. The maximum absolute atomic E-state index is 10.9. The number of benzene rings is 1. The van der Waals surface area contributed by atoms with Gasteiger partial charge in [0.1, 0.15) is 5.75 Å². The van der Waals surface area contributed by atoms with E-state index in [0.717, 1.165) is 0 Å². The molecule has 0 aromatic heterocycles. The third-order valence-corrected chi connectivity index (χ3v) is 2.18. The van der Waals surface area contributed by atoms with E-state index in [2.05, 4.69) is 5.32 Å². The van der Waals surface area contributed by atoms with Crippen LogP contribution >= 0.6 is 11.6 Å². The van der Waals surface area contributed by atoms with Gasteiger partial charge in [0.15, 0.2) is 0 Å². The fraction of sp³-hybridized carbons (Fsp3) is 0.300. The lowest BCUT2D eigenvalue weighted by atomic mass is 10.3. The highest BCUT2D eigenvalue weighted by molar-refractivity contribution is 6.33. The smallest absolute Gasteiger partial charge is 0.223 e. The van der Waals surface area contributed by atoms with E-state index in [4.69, 9.17) is 22.1 Å². The predicted octanol–water partition coefficient (Wildman–Crippen LogP) is 1.44. The van der Waals surface area contributed by atoms with Crippen molar-refractivity contribution in [3.63, 3.8) is 0 Å². The van der Waals surface area contributed by atoms with Gasteiger partial charge in [0.2, 0.25) is 5.91 Å². The summed E-state index contributed by atoms with van der Waals surface area (Å²) >= 11 is 5.80. The van der Waals surface area contributed by atoms with E-state index < -0.39 is 0 Å². The summed E-state index contributed by atoms with van der Waals surface area (Å²) in [4.78, 5) is 10.9. The van der Waals surface area contributed by atoms with E-state index in [1.165, 1.54) is 0 Å². The van der Waals surface area contributed by atoms with E-state index in [9.17, 15) is 4.79 Å². The van der Waals surface area contributed by atoms with Gasteiger partial charge in [0.25, 0.3) is 0 Å². The second-order valence-electron chi connectivity index (χ2n) is 2.95. The van der Waals surface area contributed by atoms with Gasteiger partial charge in [-0.25, -0.2) is 0 Å². The zero-order valence-corrected chi connectivity index (χ0v) is 9.17. The van der Waals surface area contributed by atoms with Crippen LogP contribution in [0.2, 0.25) is 5.02 Å². The number of nitrogens with one attached hydrogen (secondary N) is 1. The molecule has 0 atom stereocenters. The summed E-state index contributed by atoms with van der Waals surface area (Å²) in [6.07, 6.45) is 0.318. The Kier molecular flexibility index (Phi) is 4.24. The topological polar surface area (TPSA) is 64.3 Å². The molecule has 0 aliphatic heterocycles. The van der Waals surface area contributed by atoms with Gasteiger partial charge in [-0.2, -0.15) is 0 Å². The number of amides is 1. The van der Waals surface area contributed by atoms with Crippen molar-refractivity contribution < 1.29 is 9.53 Å². The first-order chi connectivity index (χ1) is 7.13. The van der Waals surface area contributed by atoms with Crippen LogP contribution in [-0.2, 0) is 4.79 Å². The Bertz CT molecular complexity index is 355. The molecule has 0 unspecified atom stereocenters. The first kappa shape index (κ1) is 11.7. The van der Waals surface area contributed by atoms with Crippen LogP contribution in [0.15, 0.2) is 18.2 Å². The maximum Gasteiger partial charge on any atom is 0.223 e. The lowest BCUT2D eigenvalue weighted by molar-refractivity contribution is -0.121. The number of nitrogen functional groups attached to an aromatic ring is 1. The molecule has 0 aliphatic carbocycles. The number of nitrogens with two attached hydrogens (primary N) is 1. The van der Waals surface area contributed by atoms with Crippen molar-refractivity contribution in [2.24, 2.45) is 0 Å². The number of halogens is 1. The Morgan fingerprint density at radius 2 is 2.33 bits per heavy atom. The lowest BCUT2D eigenvalue weighted by Gasteiger charge is -2.06. The Labute approximate surface area is 93.4 Å². The number of ether oxygens (including phenoxy) is 1. The van der Waals surface area contributed by atoms with Gasteiger partial charge in [0, 0.05) is 13.1 Å². The zero-order valence-electron chi connectivity index (χ0n) is 8.42. The molecular weight excluding hydrogens is 216 g/mol. The summed E-state index contributed by atoms with van der Waals surface area (Å²) in [5.74, 6) is 0.551. The molecule has 1 aromatic carbocycles. The van der Waals surface area contributed by atoms with Crippen molar-refractivity contribution in [2.75, 3.05) is 19.4 Å². The quantitative estimate of drug-likeness (QED) is 0.767. The third-order valence-electron chi connectivity index (χ3n) is 1.85. The van der Waals surface area contributed by atoms with Crippen molar-refractivity contribution in [3.05, 3.63) is 23.2 Å². The molecule has 0 aliphatic rings. The van der Waals surface area contributed by atoms with Gasteiger partial charge < -0.3 is 15.8 Å². The number of hydrogen-bond acceptors (Lipinski definition) is 3. The van der Waals surface area contributed by atoms with Crippen LogP contribution in [-0.4, -0.2) is 19.6 Å². The molecule has 0 saturated carbocycles. The van der Waals surface area contributed by atoms with E-state index >= 15 is 0 Å². The van der Waals surface area contributed by atoms with Crippen LogP contribution in [0.5, 0.6) is 5.75 Å². The van der Waals surface area contributed by atoms with Crippen molar-refractivity contribution >= 4 is 23.2 Å². The summed E-state index contributed by atoms with van der Waals surface area (Å²) in [6.45, 7) is 0.319. The number of hydrogen-bond donors (Lipinski definition) is 2. The standard InChI is InChI=1S/C10H13ClN2O2/c1-13-10(14)4-5-15-7-2-3-9(12)8(11)6-7/h2-3,6H,4-5,12H2,1H3,(H,13,14). The summed E-state index contributed by atoms with van der Waals surface area (Å²) in [5, 5.41) is 2.96. The molecule has 4 nitrogen and oxygen atoms in total. The van der Waals surface area contributed by atoms with Crippen LogP contribution in [0, 0.1) is 0 Å². The first-order valence-corrected chi connectivity index (χ1v) is 4.89. The first-order valence-electron chi connectivity index (χ1n) is 4.52. The largest absolute Gasteiger partial charge is 0.493 e. The second kappa shape index (κ2) is 5.46. The second-order valence-corrected chi connectivity index (χ2v) is 3.36. The fourth-order valence-corrected chi connectivity index (χ4v) is 1.15. The molecule has 3 N–H and O–H groups in total. The number of rotatable bonds is 4. The number of carbonyl (C=O) groups excluding carboxylic acids is 1. The molecule has 0 spiro atoms. The highest BCUT2D eigenvalue weighted by Gasteiger charge is 2.01. The Hall–Kier alpha value is -1.42.